The average Bonchev–Trinajstić information content (AvgIpc) is 3.18. The zero-order chi connectivity index (χ0) is 20.1. The second-order valence-corrected chi connectivity index (χ2v) is 6.99. The number of hydrogen-bond donors (Lipinski definition) is 1. The molecular formula is C20H21N3O4S. The molecule has 0 spiro atoms. The second kappa shape index (κ2) is 8.79. The first-order chi connectivity index (χ1) is 13.5. The molecule has 1 aromatic heterocycles. The van der Waals surface area contributed by atoms with Crippen LogP contribution in [-0.4, -0.2) is 36.1 Å². The number of methoxy groups -OCH3 is 2. The third-order valence-corrected chi connectivity index (χ3v) is 5.03. The van der Waals surface area contributed by atoms with Gasteiger partial charge in [0, 0.05) is 17.3 Å². The summed E-state index contributed by atoms with van der Waals surface area (Å²) in [5.41, 5.74) is 3.66. The predicted molar refractivity (Wildman–Crippen MR) is 108 cm³/mol. The van der Waals surface area contributed by atoms with E-state index in [1.165, 1.54) is 11.8 Å². The molecule has 1 N–H and O–H groups in total. The summed E-state index contributed by atoms with van der Waals surface area (Å²) in [4.78, 5) is 12.2. The summed E-state index contributed by atoms with van der Waals surface area (Å²) in [6.07, 6.45) is 0. The quantitative estimate of drug-likeness (QED) is 0.599. The van der Waals surface area contributed by atoms with Crippen molar-refractivity contribution in [2.75, 3.05) is 25.3 Å². The number of rotatable bonds is 7. The summed E-state index contributed by atoms with van der Waals surface area (Å²) in [5.74, 6) is 1.59. The van der Waals surface area contributed by atoms with Crippen molar-refractivity contribution in [2.45, 2.75) is 19.1 Å². The Hall–Kier alpha value is -3.00. The van der Waals surface area contributed by atoms with Gasteiger partial charge in [-0.2, -0.15) is 0 Å². The van der Waals surface area contributed by atoms with Crippen LogP contribution in [0.15, 0.2) is 46.0 Å². The van der Waals surface area contributed by atoms with Crippen LogP contribution < -0.4 is 14.8 Å². The molecule has 0 aliphatic carbocycles. The van der Waals surface area contributed by atoms with Crippen LogP contribution in [0.5, 0.6) is 11.5 Å². The largest absolute Gasteiger partial charge is 0.497 e. The maximum Gasteiger partial charge on any atom is 0.277 e. The molecule has 28 heavy (non-hydrogen) atoms. The number of aryl methyl sites for hydroxylation is 1. The molecule has 0 fully saturated rings. The van der Waals surface area contributed by atoms with Crippen LogP contribution in [-0.2, 0) is 4.79 Å². The number of amides is 1. The van der Waals surface area contributed by atoms with E-state index in [0.717, 1.165) is 16.8 Å². The van der Waals surface area contributed by atoms with Crippen LogP contribution in [0, 0.1) is 13.8 Å². The Balaban J connectivity index is 1.65. The number of nitrogens with zero attached hydrogens (tertiary/aromatic N) is 2. The van der Waals surface area contributed by atoms with Crippen molar-refractivity contribution < 1.29 is 18.7 Å². The number of carbonyl (C=O) groups is 1. The van der Waals surface area contributed by atoms with E-state index in [0.29, 0.717) is 28.2 Å². The van der Waals surface area contributed by atoms with Gasteiger partial charge in [0.15, 0.2) is 0 Å². The lowest BCUT2D eigenvalue weighted by Gasteiger charge is -2.09. The highest BCUT2D eigenvalue weighted by Gasteiger charge is 2.14. The van der Waals surface area contributed by atoms with Gasteiger partial charge in [0.2, 0.25) is 11.8 Å². The lowest BCUT2D eigenvalue weighted by Crippen LogP contribution is -2.15. The van der Waals surface area contributed by atoms with E-state index in [4.69, 9.17) is 13.9 Å². The molecule has 0 bridgehead atoms. The van der Waals surface area contributed by atoms with Crippen LogP contribution in [0.25, 0.3) is 11.5 Å². The van der Waals surface area contributed by atoms with E-state index in [2.05, 4.69) is 15.5 Å². The molecule has 3 rings (SSSR count). The van der Waals surface area contributed by atoms with Crippen LogP contribution >= 0.6 is 11.8 Å². The van der Waals surface area contributed by atoms with E-state index >= 15 is 0 Å². The molecule has 146 valence electrons. The van der Waals surface area contributed by atoms with E-state index in [9.17, 15) is 4.79 Å². The lowest BCUT2D eigenvalue weighted by molar-refractivity contribution is -0.113. The van der Waals surface area contributed by atoms with Crippen LogP contribution in [0.1, 0.15) is 11.1 Å². The van der Waals surface area contributed by atoms with Gasteiger partial charge >= 0.3 is 0 Å². The summed E-state index contributed by atoms with van der Waals surface area (Å²) in [6, 6.07) is 11.1. The number of carbonyl (C=O) groups excluding carboxylic acids is 1. The van der Waals surface area contributed by atoms with E-state index in [1.54, 1.807) is 32.4 Å². The molecule has 0 aliphatic rings. The first kappa shape index (κ1) is 19.8. The molecule has 0 saturated carbocycles. The Kier molecular flexibility index (Phi) is 6.20. The number of thioether (sulfide) groups is 1. The molecule has 8 heteroatoms. The van der Waals surface area contributed by atoms with Gasteiger partial charge in [-0.1, -0.05) is 23.9 Å². The molecule has 3 aromatic rings. The van der Waals surface area contributed by atoms with Crippen LogP contribution in [0.3, 0.4) is 0 Å². The van der Waals surface area contributed by atoms with Crippen molar-refractivity contribution >= 4 is 23.4 Å². The first-order valence-electron chi connectivity index (χ1n) is 8.56. The summed E-state index contributed by atoms with van der Waals surface area (Å²) in [7, 11) is 3.14. The summed E-state index contributed by atoms with van der Waals surface area (Å²) in [6.45, 7) is 3.98. The smallest absolute Gasteiger partial charge is 0.277 e. The Bertz CT molecular complexity index is 965. The fraction of sp³-hybridized carbons (Fsp3) is 0.250. The number of anilines is 1. The summed E-state index contributed by atoms with van der Waals surface area (Å²) in [5, 5.41) is 11.3. The predicted octanol–water partition coefficient (Wildman–Crippen LogP) is 4.10. The van der Waals surface area contributed by atoms with E-state index < -0.39 is 0 Å². The van der Waals surface area contributed by atoms with E-state index in [-0.39, 0.29) is 11.7 Å². The highest BCUT2D eigenvalue weighted by atomic mass is 32.2. The van der Waals surface area contributed by atoms with Crippen molar-refractivity contribution in [3.05, 3.63) is 47.5 Å². The van der Waals surface area contributed by atoms with Gasteiger partial charge in [-0.25, -0.2) is 0 Å². The Morgan fingerprint density at radius 2 is 1.82 bits per heavy atom. The number of ether oxygens (including phenoxy) is 2. The molecule has 2 aromatic carbocycles. The lowest BCUT2D eigenvalue weighted by atomic mass is 10.1. The SMILES string of the molecule is COc1cc(OC)cc(-c2nnc(SCC(=O)Nc3cccc(C)c3C)o2)c1. The maximum absolute atomic E-state index is 12.2. The molecule has 0 saturated heterocycles. The molecule has 1 heterocycles. The third-order valence-electron chi connectivity index (χ3n) is 4.21. The van der Waals surface area contributed by atoms with Crippen molar-refractivity contribution in [3.63, 3.8) is 0 Å². The topological polar surface area (TPSA) is 86.5 Å². The summed E-state index contributed by atoms with van der Waals surface area (Å²) < 4.78 is 16.2. The second-order valence-electron chi connectivity index (χ2n) is 6.06. The molecule has 1 amide bonds. The minimum absolute atomic E-state index is 0.138. The van der Waals surface area contributed by atoms with Gasteiger partial charge in [-0.3, -0.25) is 4.79 Å². The minimum Gasteiger partial charge on any atom is -0.497 e. The molecule has 0 aliphatic heterocycles. The standard InChI is InChI=1S/C20H21N3O4S/c1-12-6-5-7-17(13(12)2)21-18(24)11-28-20-23-22-19(27-20)14-8-15(25-3)10-16(9-14)26-4/h5-10H,11H2,1-4H3,(H,21,24). The Morgan fingerprint density at radius 1 is 1.11 bits per heavy atom. The first-order valence-corrected chi connectivity index (χ1v) is 9.54. The van der Waals surface area contributed by atoms with Crippen molar-refractivity contribution in [1.29, 1.82) is 0 Å². The number of benzene rings is 2. The monoisotopic (exact) mass is 399 g/mol. The fourth-order valence-corrected chi connectivity index (χ4v) is 3.08. The Morgan fingerprint density at radius 3 is 2.50 bits per heavy atom. The molecule has 0 radical (unpaired) electrons. The van der Waals surface area contributed by atoms with Gasteiger partial charge in [0.05, 0.1) is 20.0 Å². The zero-order valence-electron chi connectivity index (χ0n) is 16.1. The number of aromatic nitrogens is 2. The van der Waals surface area contributed by atoms with Gasteiger partial charge in [-0.05, 0) is 43.2 Å². The third kappa shape index (κ3) is 4.64. The maximum atomic E-state index is 12.2. The van der Waals surface area contributed by atoms with Crippen LogP contribution in [0.2, 0.25) is 0 Å². The van der Waals surface area contributed by atoms with Crippen LogP contribution in [0.4, 0.5) is 5.69 Å². The summed E-state index contributed by atoms with van der Waals surface area (Å²) >= 11 is 1.18. The number of nitrogens with one attached hydrogen (secondary N) is 1. The highest BCUT2D eigenvalue weighted by molar-refractivity contribution is 7.99. The van der Waals surface area contributed by atoms with Crippen molar-refractivity contribution in [1.82, 2.24) is 10.2 Å². The van der Waals surface area contributed by atoms with Gasteiger partial charge in [0.1, 0.15) is 11.5 Å². The van der Waals surface area contributed by atoms with Gasteiger partial charge in [0.25, 0.3) is 5.22 Å². The van der Waals surface area contributed by atoms with Gasteiger partial charge < -0.3 is 19.2 Å². The molecule has 0 atom stereocenters. The average molecular weight is 399 g/mol. The molecular weight excluding hydrogens is 378 g/mol. The van der Waals surface area contributed by atoms with Crippen molar-refractivity contribution in [3.8, 4) is 23.0 Å². The zero-order valence-corrected chi connectivity index (χ0v) is 16.9. The fourth-order valence-electron chi connectivity index (χ4n) is 2.52. The normalized spacial score (nSPS) is 10.6. The minimum atomic E-state index is -0.138. The highest BCUT2D eigenvalue weighted by Crippen LogP contribution is 2.30. The van der Waals surface area contributed by atoms with E-state index in [1.807, 2.05) is 32.0 Å². The Labute approximate surface area is 167 Å². The molecule has 0 unspecified atom stereocenters. The van der Waals surface area contributed by atoms with Crippen molar-refractivity contribution in [2.24, 2.45) is 0 Å². The number of hydrogen-bond acceptors (Lipinski definition) is 7. The molecule has 7 nitrogen and oxygen atoms in total. The van der Waals surface area contributed by atoms with Gasteiger partial charge in [-0.15, -0.1) is 10.2 Å².